The molecule has 0 aromatic carbocycles. The van der Waals surface area contributed by atoms with Crippen molar-refractivity contribution >= 4 is 5.97 Å². The molecule has 1 atom stereocenters. The first-order valence-electron chi connectivity index (χ1n) is 4.16. The molecule has 0 aromatic heterocycles. The largest absolute Gasteiger partial charge is 0.465 e. The summed E-state index contributed by atoms with van der Waals surface area (Å²) in [6.07, 6.45) is 2.40. The summed E-state index contributed by atoms with van der Waals surface area (Å²) in [5.41, 5.74) is 0. The van der Waals surface area contributed by atoms with Gasteiger partial charge in [0.05, 0.1) is 6.61 Å². The molecule has 11 heavy (non-hydrogen) atoms. The van der Waals surface area contributed by atoms with Crippen LogP contribution in [0.4, 0.5) is 0 Å². The van der Waals surface area contributed by atoms with E-state index in [0.717, 1.165) is 0 Å². The van der Waals surface area contributed by atoms with Crippen LogP contribution in [0.25, 0.3) is 0 Å². The van der Waals surface area contributed by atoms with E-state index in [0.29, 0.717) is 12.6 Å². The zero-order valence-corrected chi connectivity index (χ0v) is 7.09. The van der Waals surface area contributed by atoms with Crippen LogP contribution >= 0.6 is 0 Å². The van der Waals surface area contributed by atoms with Gasteiger partial charge in [-0.3, -0.25) is 4.79 Å². The normalized spacial score (nSPS) is 19.5. The Labute approximate surface area is 67.1 Å². The van der Waals surface area contributed by atoms with Crippen LogP contribution in [-0.2, 0) is 9.53 Å². The summed E-state index contributed by atoms with van der Waals surface area (Å²) in [6, 6.07) is 0.428. The molecule has 1 fully saturated rings. The molecule has 0 amide bonds. The third-order valence-corrected chi connectivity index (χ3v) is 1.70. The second-order valence-electron chi connectivity index (χ2n) is 2.91. The minimum absolute atomic E-state index is 0.137. The second kappa shape index (κ2) is 3.72. The van der Waals surface area contributed by atoms with Crippen molar-refractivity contribution in [2.24, 2.45) is 0 Å². The molecule has 1 aliphatic carbocycles. The first-order chi connectivity index (χ1) is 5.24. The minimum atomic E-state index is -0.139. The number of carbonyl (C=O) groups is 1. The number of carbonyl (C=O) groups excluding carboxylic acids is 1. The molecule has 0 aromatic rings. The Balaban J connectivity index is 2.15. The van der Waals surface area contributed by atoms with E-state index >= 15 is 0 Å². The molecule has 0 radical (unpaired) electrons. The first kappa shape index (κ1) is 8.53. The van der Waals surface area contributed by atoms with Gasteiger partial charge in [0.25, 0.3) is 0 Å². The fourth-order valence-corrected chi connectivity index (χ4v) is 0.939. The van der Waals surface area contributed by atoms with Gasteiger partial charge in [-0.15, -0.1) is 0 Å². The maximum absolute atomic E-state index is 11.0. The summed E-state index contributed by atoms with van der Waals surface area (Å²) in [5, 5.41) is 3.16. The van der Waals surface area contributed by atoms with Crippen molar-refractivity contribution in [3.05, 3.63) is 0 Å². The Morgan fingerprint density at radius 1 is 1.73 bits per heavy atom. The first-order valence-corrected chi connectivity index (χ1v) is 4.16. The highest BCUT2D eigenvalue weighted by Crippen LogP contribution is 2.19. The van der Waals surface area contributed by atoms with Gasteiger partial charge in [0.15, 0.2) is 0 Å². The van der Waals surface area contributed by atoms with E-state index in [1.807, 2.05) is 13.8 Å². The fraction of sp³-hybridized carbons (Fsp3) is 0.875. The summed E-state index contributed by atoms with van der Waals surface area (Å²) >= 11 is 0. The highest BCUT2D eigenvalue weighted by atomic mass is 16.5. The van der Waals surface area contributed by atoms with Gasteiger partial charge in [0.2, 0.25) is 0 Å². The molecule has 1 aliphatic rings. The van der Waals surface area contributed by atoms with E-state index in [4.69, 9.17) is 4.74 Å². The summed E-state index contributed by atoms with van der Waals surface area (Å²) in [6.45, 7) is 4.13. The van der Waals surface area contributed by atoms with E-state index in [9.17, 15) is 4.79 Å². The molecule has 0 heterocycles. The third-order valence-electron chi connectivity index (χ3n) is 1.70. The number of esters is 1. The van der Waals surface area contributed by atoms with Crippen molar-refractivity contribution in [3.63, 3.8) is 0 Å². The Kier molecular flexibility index (Phi) is 2.88. The van der Waals surface area contributed by atoms with Gasteiger partial charge in [-0.1, -0.05) is 0 Å². The Morgan fingerprint density at radius 2 is 2.36 bits per heavy atom. The lowest BCUT2D eigenvalue weighted by Gasteiger charge is -2.10. The molecule has 3 heteroatoms. The predicted octanol–water partition coefficient (Wildman–Crippen LogP) is 0.690. The number of hydrogen-bond donors (Lipinski definition) is 1. The molecule has 1 rings (SSSR count). The average Bonchev–Trinajstić information content (AvgIpc) is 2.72. The molecule has 1 saturated carbocycles. The standard InChI is InChI=1S/C8H15NO2/c1-3-11-8(10)6(2)9-7-4-5-7/h6-7,9H,3-5H2,1-2H3/t6-/m1/s1. The summed E-state index contributed by atoms with van der Waals surface area (Å²) < 4.78 is 4.83. The molecule has 1 N–H and O–H groups in total. The van der Waals surface area contributed by atoms with E-state index in [2.05, 4.69) is 5.32 Å². The topological polar surface area (TPSA) is 38.3 Å². The van der Waals surface area contributed by atoms with Crippen LogP contribution in [0.1, 0.15) is 26.7 Å². The molecule has 0 saturated heterocycles. The molecule has 0 spiro atoms. The zero-order valence-electron chi connectivity index (χ0n) is 7.09. The minimum Gasteiger partial charge on any atom is -0.465 e. The molecular formula is C8H15NO2. The summed E-state index contributed by atoms with van der Waals surface area (Å²) in [5.74, 6) is -0.139. The second-order valence-corrected chi connectivity index (χ2v) is 2.91. The van der Waals surface area contributed by atoms with E-state index in [1.54, 1.807) is 0 Å². The number of nitrogens with one attached hydrogen (secondary N) is 1. The fourth-order valence-electron chi connectivity index (χ4n) is 0.939. The number of ether oxygens (including phenoxy) is 1. The van der Waals surface area contributed by atoms with Gasteiger partial charge >= 0.3 is 5.97 Å². The van der Waals surface area contributed by atoms with Crippen LogP contribution in [0, 0.1) is 0 Å². The highest BCUT2D eigenvalue weighted by molar-refractivity contribution is 5.75. The molecule has 0 aliphatic heterocycles. The van der Waals surface area contributed by atoms with Gasteiger partial charge < -0.3 is 10.1 Å². The van der Waals surface area contributed by atoms with Crippen molar-refractivity contribution in [2.45, 2.75) is 38.8 Å². The Morgan fingerprint density at radius 3 is 2.82 bits per heavy atom. The number of rotatable bonds is 4. The summed E-state index contributed by atoms with van der Waals surface area (Å²) in [7, 11) is 0. The van der Waals surface area contributed by atoms with Crippen LogP contribution in [0.15, 0.2) is 0 Å². The van der Waals surface area contributed by atoms with Crippen molar-refractivity contribution in [2.75, 3.05) is 6.61 Å². The SMILES string of the molecule is CCOC(=O)[C@@H](C)NC1CC1. The van der Waals surface area contributed by atoms with Crippen LogP contribution in [-0.4, -0.2) is 24.7 Å². The van der Waals surface area contributed by atoms with Gasteiger partial charge in [0.1, 0.15) is 6.04 Å². The average molecular weight is 157 g/mol. The molecule has 0 bridgehead atoms. The van der Waals surface area contributed by atoms with Crippen LogP contribution in [0.3, 0.4) is 0 Å². The lowest BCUT2D eigenvalue weighted by Crippen LogP contribution is -2.36. The van der Waals surface area contributed by atoms with Crippen LogP contribution < -0.4 is 5.32 Å². The van der Waals surface area contributed by atoms with Gasteiger partial charge in [-0.2, -0.15) is 0 Å². The van der Waals surface area contributed by atoms with Gasteiger partial charge in [-0.05, 0) is 26.7 Å². The molecule has 3 nitrogen and oxygen atoms in total. The van der Waals surface area contributed by atoms with Crippen molar-refractivity contribution in [1.29, 1.82) is 0 Å². The molecule has 64 valence electrons. The lowest BCUT2D eigenvalue weighted by molar-refractivity contribution is -0.145. The van der Waals surface area contributed by atoms with Crippen molar-refractivity contribution in [1.82, 2.24) is 5.32 Å². The summed E-state index contributed by atoms with van der Waals surface area (Å²) in [4.78, 5) is 11.0. The van der Waals surface area contributed by atoms with Crippen LogP contribution in [0.5, 0.6) is 0 Å². The van der Waals surface area contributed by atoms with E-state index in [-0.39, 0.29) is 12.0 Å². The van der Waals surface area contributed by atoms with Gasteiger partial charge in [-0.25, -0.2) is 0 Å². The maximum Gasteiger partial charge on any atom is 0.322 e. The molecular weight excluding hydrogens is 142 g/mol. The third kappa shape index (κ3) is 2.89. The highest BCUT2D eigenvalue weighted by Gasteiger charge is 2.25. The smallest absolute Gasteiger partial charge is 0.322 e. The molecule has 0 unspecified atom stereocenters. The zero-order chi connectivity index (χ0) is 8.27. The van der Waals surface area contributed by atoms with Crippen molar-refractivity contribution in [3.8, 4) is 0 Å². The van der Waals surface area contributed by atoms with E-state index in [1.165, 1.54) is 12.8 Å². The maximum atomic E-state index is 11.0. The van der Waals surface area contributed by atoms with Crippen molar-refractivity contribution < 1.29 is 9.53 Å². The number of hydrogen-bond acceptors (Lipinski definition) is 3. The Hall–Kier alpha value is -0.570. The predicted molar refractivity (Wildman–Crippen MR) is 42.3 cm³/mol. The Bertz CT molecular complexity index is 143. The van der Waals surface area contributed by atoms with Gasteiger partial charge in [0, 0.05) is 6.04 Å². The quantitative estimate of drug-likeness (QED) is 0.610. The van der Waals surface area contributed by atoms with Crippen LogP contribution in [0.2, 0.25) is 0 Å². The monoisotopic (exact) mass is 157 g/mol. The van der Waals surface area contributed by atoms with E-state index < -0.39 is 0 Å². The lowest BCUT2D eigenvalue weighted by atomic mass is 10.3.